The third-order valence-electron chi connectivity index (χ3n) is 4.92. The molecule has 7 nitrogen and oxygen atoms in total. The van der Waals surface area contributed by atoms with Crippen LogP contribution in [0.5, 0.6) is 0 Å². The Morgan fingerprint density at radius 2 is 2.04 bits per heavy atom. The van der Waals surface area contributed by atoms with E-state index in [-0.39, 0.29) is 36.6 Å². The van der Waals surface area contributed by atoms with E-state index in [0.717, 1.165) is 5.56 Å². The molecule has 0 spiro atoms. The quantitative estimate of drug-likeness (QED) is 0.843. The number of aliphatic carboxylic acids is 1. The summed E-state index contributed by atoms with van der Waals surface area (Å²) >= 11 is 6.02. The summed E-state index contributed by atoms with van der Waals surface area (Å²) in [5.41, 5.74) is -0.389. The van der Waals surface area contributed by atoms with Crippen LogP contribution in [0.25, 0.3) is 0 Å². The van der Waals surface area contributed by atoms with Gasteiger partial charge in [0, 0.05) is 26.3 Å². The zero-order valence-corrected chi connectivity index (χ0v) is 15.1. The van der Waals surface area contributed by atoms with E-state index in [4.69, 9.17) is 11.6 Å². The summed E-state index contributed by atoms with van der Waals surface area (Å²) in [4.78, 5) is 26.0. The van der Waals surface area contributed by atoms with Crippen molar-refractivity contribution in [2.24, 2.45) is 12.5 Å². The number of carbonyl (C=O) groups is 2. The standard InChI is InChI=1S/C18H20ClN3O4/c1-21-10-13(19)15(20-21)16(24)22-8-7-18(17(25)26,14(23)11-22)9-12-5-3-2-4-6-12/h2-6,10,14,23H,7-9,11H2,1H3,(H,25,26)/t14-,18+/m0/s1. The van der Waals surface area contributed by atoms with Gasteiger partial charge in [-0.05, 0) is 18.4 Å². The van der Waals surface area contributed by atoms with Crippen molar-refractivity contribution in [1.29, 1.82) is 0 Å². The van der Waals surface area contributed by atoms with E-state index in [2.05, 4.69) is 5.10 Å². The number of aryl methyl sites for hydroxylation is 1. The van der Waals surface area contributed by atoms with Gasteiger partial charge in [-0.25, -0.2) is 0 Å². The molecule has 0 radical (unpaired) electrons. The van der Waals surface area contributed by atoms with Gasteiger partial charge < -0.3 is 15.1 Å². The summed E-state index contributed by atoms with van der Waals surface area (Å²) in [6, 6.07) is 9.19. The number of nitrogens with zero attached hydrogens (tertiary/aromatic N) is 3. The third kappa shape index (κ3) is 3.32. The van der Waals surface area contributed by atoms with Crippen molar-refractivity contribution < 1.29 is 19.8 Å². The maximum absolute atomic E-state index is 12.6. The first-order valence-corrected chi connectivity index (χ1v) is 8.65. The van der Waals surface area contributed by atoms with Crippen molar-refractivity contribution in [1.82, 2.24) is 14.7 Å². The van der Waals surface area contributed by atoms with Gasteiger partial charge in [0.25, 0.3) is 5.91 Å². The van der Waals surface area contributed by atoms with E-state index in [9.17, 15) is 19.8 Å². The average molecular weight is 378 g/mol. The first kappa shape index (κ1) is 18.4. The van der Waals surface area contributed by atoms with Gasteiger partial charge >= 0.3 is 5.97 Å². The SMILES string of the molecule is Cn1cc(Cl)c(C(=O)N2CC[C@](Cc3ccccc3)(C(=O)O)[C@@H](O)C2)n1. The van der Waals surface area contributed by atoms with Gasteiger partial charge in [0.15, 0.2) is 5.69 Å². The Kier molecular flexibility index (Phi) is 5.02. The number of halogens is 1. The molecule has 2 aromatic rings. The number of carboxylic acid groups (broad SMARTS) is 1. The summed E-state index contributed by atoms with van der Waals surface area (Å²) in [6.45, 7) is 0.132. The fourth-order valence-corrected chi connectivity index (χ4v) is 3.67. The molecule has 1 aliphatic rings. The molecule has 0 aliphatic carbocycles. The molecule has 138 valence electrons. The maximum atomic E-state index is 12.6. The van der Waals surface area contributed by atoms with E-state index in [0.29, 0.717) is 0 Å². The van der Waals surface area contributed by atoms with Crippen LogP contribution < -0.4 is 0 Å². The molecule has 1 saturated heterocycles. The molecular formula is C18H20ClN3O4. The van der Waals surface area contributed by atoms with Crippen LogP contribution in [0.2, 0.25) is 5.02 Å². The monoisotopic (exact) mass is 377 g/mol. The second-order valence-electron chi connectivity index (χ2n) is 6.64. The smallest absolute Gasteiger partial charge is 0.312 e. The fourth-order valence-electron chi connectivity index (χ4n) is 3.41. The summed E-state index contributed by atoms with van der Waals surface area (Å²) < 4.78 is 1.44. The zero-order chi connectivity index (χ0) is 18.9. The Hall–Kier alpha value is -2.38. The third-order valence-corrected chi connectivity index (χ3v) is 5.20. The Bertz CT molecular complexity index is 823. The molecule has 8 heteroatoms. The first-order valence-electron chi connectivity index (χ1n) is 8.27. The Morgan fingerprint density at radius 3 is 2.58 bits per heavy atom. The van der Waals surface area contributed by atoms with E-state index in [1.165, 1.54) is 15.8 Å². The number of rotatable bonds is 4. The van der Waals surface area contributed by atoms with E-state index in [1.54, 1.807) is 7.05 Å². The predicted octanol–water partition coefficient (Wildman–Crippen LogP) is 1.59. The number of hydrogen-bond acceptors (Lipinski definition) is 4. The number of carbonyl (C=O) groups excluding carboxylic acids is 1. The van der Waals surface area contributed by atoms with Gasteiger partial charge in [-0.15, -0.1) is 0 Å². The van der Waals surface area contributed by atoms with E-state index >= 15 is 0 Å². The second-order valence-corrected chi connectivity index (χ2v) is 7.05. The Balaban J connectivity index is 1.80. The Labute approximate surface area is 155 Å². The number of carboxylic acids is 1. The number of benzene rings is 1. The molecule has 0 bridgehead atoms. The second kappa shape index (κ2) is 7.09. The molecule has 2 heterocycles. The first-order chi connectivity index (χ1) is 12.3. The largest absolute Gasteiger partial charge is 0.481 e. The van der Waals surface area contributed by atoms with Crippen molar-refractivity contribution in [3.63, 3.8) is 0 Å². The number of piperidine rings is 1. The molecule has 26 heavy (non-hydrogen) atoms. The normalized spacial score (nSPS) is 23.0. The van der Waals surface area contributed by atoms with E-state index in [1.807, 2.05) is 30.3 Å². The van der Waals surface area contributed by atoms with Crippen LogP contribution in [-0.4, -0.2) is 56.0 Å². The molecule has 2 N–H and O–H groups in total. The van der Waals surface area contributed by atoms with Crippen molar-refractivity contribution in [2.45, 2.75) is 18.9 Å². The lowest BCUT2D eigenvalue weighted by Gasteiger charge is -2.42. The van der Waals surface area contributed by atoms with Gasteiger partial charge in [0.05, 0.1) is 11.1 Å². The summed E-state index contributed by atoms with van der Waals surface area (Å²) in [5, 5.41) is 24.7. The van der Waals surface area contributed by atoms with Crippen LogP contribution in [0.1, 0.15) is 22.5 Å². The summed E-state index contributed by atoms with van der Waals surface area (Å²) in [7, 11) is 1.66. The molecule has 1 fully saturated rings. The highest BCUT2D eigenvalue weighted by Gasteiger charge is 2.49. The predicted molar refractivity (Wildman–Crippen MR) is 95.0 cm³/mol. The van der Waals surface area contributed by atoms with Crippen molar-refractivity contribution in [3.05, 3.63) is 52.8 Å². The highest BCUT2D eigenvalue weighted by Crippen LogP contribution is 2.36. The highest BCUT2D eigenvalue weighted by atomic mass is 35.5. The van der Waals surface area contributed by atoms with Crippen LogP contribution in [0.3, 0.4) is 0 Å². The minimum atomic E-state index is -1.33. The van der Waals surface area contributed by atoms with Crippen molar-refractivity contribution in [2.75, 3.05) is 13.1 Å². The van der Waals surface area contributed by atoms with Crippen LogP contribution in [0, 0.1) is 5.41 Å². The highest BCUT2D eigenvalue weighted by molar-refractivity contribution is 6.33. The number of β-amino-alcohol motifs (C(OH)–C–C–N with tert-alkyl or cyclic N) is 1. The number of aliphatic hydroxyl groups is 1. The van der Waals surface area contributed by atoms with Gasteiger partial charge in [-0.3, -0.25) is 14.3 Å². The summed E-state index contributed by atoms with van der Waals surface area (Å²) in [5.74, 6) is -1.47. The number of amides is 1. The number of aromatic nitrogens is 2. The molecule has 2 atom stereocenters. The number of likely N-dealkylation sites (tertiary alicyclic amines) is 1. The molecule has 0 saturated carbocycles. The van der Waals surface area contributed by atoms with Crippen LogP contribution in [0.15, 0.2) is 36.5 Å². The lowest BCUT2D eigenvalue weighted by atomic mass is 9.71. The van der Waals surface area contributed by atoms with Gasteiger partial charge in [-0.1, -0.05) is 41.9 Å². The molecule has 1 amide bonds. The molecule has 0 unspecified atom stereocenters. The van der Waals surface area contributed by atoms with Gasteiger partial charge in [0.1, 0.15) is 5.41 Å². The molecule has 1 aromatic carbocycles. The fraction of sp³-hybridized carbons (Fsp3) is 0.389. The molecule has 3 rings (SSSR count). The topological polar surface area (TPSA) is 95.7 Å². The summed E-state index contributed by atoms with van der Waals surface area (Å²) in [6.07, 6.45) is 0.678. The van der Waals surface area contributed by atoms with Crippen LogP contribution in [0.4, 0.5) is 0 Å². The van der Waals surface area contributed by atoms with Crippen molar-refractivity contribution >= 4 is 23.5 Å². The lowest BCUT2D eigenvalue weighted by molar-refractivity contribution is -0.161. The van der Waals surface area contributed by atoms with Crippen LogP contribution in [-0.2, 0) is 18.3 Å². The van der Waals surface area contributed by atoms with Gasteiger partial charge in [0.2, 0.25) is 0 Å². The van der Waals surface area contributed by atoms with Crippen LogP contribution >= 0.6 is 11.6 Å². The maximum Gasteiger partial charge on any atom is 0.312 e. The minimum Gasteiger partial charge on any atom is -0.481 e. The number of hydrogen-bond donors (Lipinski definition) is 2. The molecule has 1 aliphatic heterocycles. The van der Waals surface area contributed by atoms with E-state index < -0.39 is 23.4 Å². The minimum absolute atomic E-state index is 0.0785. The number of aliphatic hydroxyl groups excluding tert-OH is 1. The zero-order valence-electron chi connectivity index (χ0n) is 14.3. The Morgan fingerprint density at radius 1 is 1.35 bits per heavy atom. The van der Waals surface area contributed by atoms with Gasteiger partial charge in [-0.2, -0.15) is 5.10 Å². The lowest BCUT2D eigenvalue weighted by Crippen LogP contribution is -2.57. The van der Waals surface area contributed by atoms with Crippen molar-refractivity contribution in [3.8, 4) is 0 Å². The molecule has 1 aromatic heterocycles. The molecular weight excluding hydrogens is 358 g/mol. The average Bonchev–Trinajstić information content (AvgIpc) is 2.95.